The number of rotatable bonds is 5. The van der Waals surface area contributed by atoms with E-state index in [1.54, 1.807) is 18.2 Å². The second-order valence-electron chi connectivity index (χ2n) is 5.74. The number of ether oxygens (including phenoxy) is 2. The standard InChI is InChI=1S/C19H14BrClFNO4S/c1-26-15-6-10(5-13(20)17(15)27-2)7-16-18(24)23(19(25)28-16)9-11-3-4-12(22)8-14(11)21/h3-8H,9H2,1-2H3/b16-7-. The molecule has 9 heteroatoms. The second-order valence-corrected chi connectivity index (χ2v) is 8.00. The number of carbonyl (C=O) groups is 2. The summed E-state index contributed by atoms with van der Waals surface area (Å²) in [5, 5.41) is -0.261. The lowest BCUT2D eigenvalue weighted by atomic mass is 10.1. The van der Waals surface area contributed by atoms with E-state index >= 15 is 0 Å². The molecule has 0 aromatic heterocycles. The first-order valence-electron chi connectivity index (χ1n) is 7.95. The van der Waals surface area contributed by atoms with Gasteiger partial charge in [-0.25, -0.2) is 4.39 Å². The molecule has 0 aliphatic carbocycles. The fourth-order valence-corrected chi connectivity index (χ4v) is 4.32. The third-order valence-electron chi connectivity index (χ3n) is 3.97. The lowest BCUT2D eigenvalue weighted by molar-refractivity contribution is -0.123. The number of imide groups is 1. The van der Waals surface area contributed by atoms with Crippen LogP contribution >= 0.6 is 39.3 Å². The molecule has 0 spiro atoms. The van der Waals surface area contributed by atoms with Gasteiger partial charge < -0.3 is 9.47 Å². The Bertz CT molecular complexity index is 998. The molecule has 1 heterocycles. The highest BCUT2D eigenvalue weighted by Gasteiger charge is 2.35. The van der Waals surface area contributed by atoms with Crippen molar-refractivity contribution in [3.05, 3.63) is 61.7 Å². The molecule has 146 valence electrons. The molecule has 28 heavy (non-hydrogen) atoms. The van der Waals surface area contributed by atoms with Crippen LogP contribution in [0.15, 0.2) is 39.7 Å². The van der Waals surface area contributed by atoms with Gasteiger partial charge in [-0.1, -0.05) is 17.7 Å². The summed E-state index contributed by atoms with van der Waals surface area (Å²) in [6.07, 6.45) is 1.60. The molecule has 0 atom stereocenters. The van der Waals surface area contributed by atoms with Gasteiger partial charge in [-0.3, -0.25) is 14.5 Å². The smallest absolute Gasteiger partial charge is 0.293 e. The first-order valence-corrected chi connectivity index (χ1v) is 9.93. The summed E-state index contributed by atoms with van der Waals surface area (Å²) in [5.74, 6) is 0.0854. The zero-order chi connectivity index (χ0) is 20.4. The number of thioether (sulfide) groups is 1. The van der Waals surface area contributed by atoms with E-state index in [4.69, 9.17) is 21.1 Å². The average molecular weight is 487 g/mol. The molecule has 0 radical (unpaired) electrons. The van der Waals surface area contributed by atoms with Gasteiger partial charge in [0.2, 0.25) is 0 Å². The highest BCUT2D eigenvalue weighted by atomic mass is 79.9. The van der Waals surface area contributed by atoms with Gasteiger partial charge in [0.25, 0.3) is 11.1 Å². The van der Waals surface area contributed by atoms with E-state index < -0.39 is 17.0 Å². The Kier molecular flexibility index (Phi) is 6.32. The van der Waals surface area contributed by atoms with E-state index in [9.17, 15) is 14.0 Å². The normalized spacial score (nSPS) is 15.5. The van der Waals surface area contributed by atoms with Gasteiger partial charge >= 0.3 is 0 Å². The van der Waals surface area contributed by atoms with Gasteiger partial charge in [0.15, 0.2) is 11.5 Å². The quantitative estimate of drug-likeness (QED) is 0.523. The van der Waals surface area contributed by atoms with Crippen molar-refractivity contribution < 1.29 is 23.5 Å². The van der Waals surface area contributed by atoms with Crippen LogP contribution in [-0.2, 0) is 11.3 Å². The summed E-state index contributed by atoms with van der Waals surface area (Å²) < 4.78 is 24.4. The minimum Gasteiger partial charge on any atom is -0.493 e. The maximum Gasteiger partial charge on any atom is 0.293 e. The third-order valence-corrected chi connectivity index (χ3v) is 5.82. The number of nitrogens with zero attached hydrogens (tertiary/aromatic N) is 1. The Morgan fingerprint density at radius 3 is 2.61 bits per heavy atom. The average Bonchev–Trinajstić information content (AvgIpc) is 2.90. The Morgan fingerprint density at radius 1 is 1.21 bits per heavy atom. The number of amides is 2. The van der Waals surface area contributed by atoms with Crippen LogP contribution in [0.5, 0.6) is 11.5 Å². The monoisotopic (exact) mass is 485 g/mol. The zero-order valence-corrected chi connectivity index (χ0v) is 18.0. The topological polar surface area (TPSA) is 55.8 Å². The van der Waals surface area contributed by atoms with Crippen LogP contribution in [0.3, 0.4) is 0 Å². The molecule has 0 unspecified atom stereocenters. The van der Waals surface area contributed by atoms with Gasteiger partial charge in [-0.05, 0) is 69.2 Å². The highest BCUT2D eigenvalue weighted by molar-refractivity contribution is 9.10. The first-order chi connectivity index (χ1) is 13.3. The van der Waals surface area contributed by atoms with E-state index in [1.165, 1.54) is 26.4 Å². The first kappa shape index (κ1) is 20.7. The molecule has 0 bridgehead atoms. The van der Waals surface area contributed by atoms with Gasteiger partial charge in [-0.15, -0.1) is 0 Å². The van der Waals surface area contributed by atoms with Crippen LogP contribution in [-0.4, -0.2) is 30.3 Å². The van der Waals surface area contributed by atoms with Crippen molar-refractivity contribution in [3.63, 3.8) is 0 Å². The van der Waals surface area contributed by atoms with Crippen molar-refractivity contribution >= 4 is 56.5 Å². The molecular formula is C19H14BrClFNO4S. The molecule has 0 N–H and O–H groups in total. The second kappa shape index (κ2) is 8.55. The molecule has 5 nitrogen and oxygen atoms in total. The summed E-state index contributed by atoms with van der Waals surface area (Å²) in [6, 6.07) is 7.29. The van der Waals surface area contributed by atoms with Crippen molar-refractivity contribution in [2.75, 3.05) is 14.2 Å². The van der Waals surface area contributed by atoms with Crippen molar-refractivity contribution in [2.24, 2.45) is 0 Å². The van der Waals surface area contributed by atoms with Crippen LogP contribution in [0.25, 0.3) is 6.08 Å². The van der Waals surface area contributed by atoms with Gasteiger partial charge in [0.05, 0.1) is 30.1 Å². The largest absolute Gasteiger partial charge is 0.493 e. The molecule has 1 aliphatic rings. The van der Waals surface area contributed by atoms with Crippen molar-refractivity contribution in [1.29, 1.82) is 0 Å². The Morgan fingerprint density at radius 2 is 1.96 bits per heavy atom. The summed E-state index contributed by atoms with van der Waals surface area (Å²) in [6.45, 7) is -0.0310. The number of hydrogen-bond acceptors (Lipinski definition) is 5. The maximum atomic E-state index is 13.2. The zero-order valence-electron chi connectivity index (χ0n) is 14.8. The lowest BCUT2D eigenvalue weighted by Crippen LogP contribution is -2.27. The maximum absolute atomic E-state index is 13.2. The minimum absolute atomic E-state index is 0.0310. The van der Waals surface area contributed by atoms with Crippen LogP contribution < -0.4 is 9.47 Å². The van der Waals surface area contributed by atoms with Gasteiger partial charge in [-0.2, -0.15) is 0 Å². The summed E-state index contributed by atoms with van der Waals surface area (Å²) in [5.41, 5.74) is 1.15. The lowest BCUT2D eigenvalue weighted by Gasteiger charge is -2.13. The number of hydrogen-bond donors (Lipinski definition) is 0. The van der Waals surface area contributed by atoms with E-state index in [2.05, 4.69) is 15.9 Å². The van der Waals surface area contributed by atoms with Crippen molar-refractivity contribution in [3.8, 4) is 11.5 Å². The van der Waals surface area contributed by atoms with E-state index in [1.807, 2.05) is 0 Å². The van der Waals surface area contributed by atoms with Crippen LogP contribution in [0.1, 0.15) is 11.1 Å². The number of benzene rings is 2. The van der Waals surface area contributed by atoms with Gasteiger partial charge in [0, 0.05) is 5.02 Å². The molecule has 2 amide bonds. The van der Waals surface area contributed by atoms with Gasteiger partial charge in [0.1, 0.15) is 5.82 Å². The SMILES string of the molecule is COc1cc(/C=C2\SC(=O)N(Cc3ccc(F)cc3Cl)C2=O)cc(Br)c1OC. The minimum atomic E-state index is -0.484. The number of methoxy groups -OCH3 is 2. The van der Waals surface area contributed by atoms with Crippen molar-refractivity contribution in [2.45, 2.75) is 6.54 Å². The Labute approximate surface area is 178 Å². The fourth-order valence-electron chi connectivity index (χ4n) is 2.63. The van der Waals surface area contributed by atoms with E-state index in [-0.39, 0.29) is 16.5 Å². The predicted octanol–water partition coefficient (Wildman–Crippen LogP) is 5.50. The third kappa shape index (κ3) is 4.19. The predicted molar refractivity (Wildman–Crippen MR) is 110 cm³/mol. The molecule has 2 aromatic rings. The highest BCUT2D eigenvalue weighted by Crippen LogP contribution is 2.39. The molecule has 1 fully saturated rings. The number of carbonyl (C=O) groups excluding carboxylic acids is 2. The van der Waals surface area contributed by atoms with Crippen molar-refractivity contribution in [1.82, 2.24) is 4.90 Å². The van der Waals surface area contributed by atoms with Crippen LogP contribution in [0, 0.1) is 5.82 Å². The molecule has 1 aliphatic heterocycles. The summed E-state index contributed by atoms with van der Waals surface area (Å²) in [4.78, 5) is 26.4. The number of halogens is 3. The summed E-state index contributed by atoms with van der Waals surface area (Å²) in [7, 11) is 3.03. The fraction of sp³-hybridized carbons (Fsp3) is 0.158. The van der Waals surface area contributed by atoms with Crippen LogP contribution in [0.2, 0.25) is 5.02 Å². The Balaban J connectivity index is 1.88. The van der Waals surface area contributed by atoms with E-state index in [0.29, 0.717) is 27.1 Å². The molecule has 2 aromatic carbocycles. The summed E-state index contributed by atoms with van der Waals surface area (Å²) >= 11 is 10.2. The molecule has 3 rings (SSSR count). The molecule has 1 saturated heterocycles. The molecule has 0 saturated carbocycles. The Hall–Kier alpha value is -2.03. The van der Waals surface area contributed by atoms with E-state index in [0.717, 1.165) is 22.7 Å². The molecular weight excluding hydrogens is 473 g/mol. The van der Waals surface area contributed by atoms with Crippen LogP contribution in [0.4, 0.5) is 9.18 Å².